The number of hydrogen-bond donors (Lipinski definition) is 2. The van der Waals surface area contributed by atoms with Crippen molar-refractivity contribution in [1.29, 1.82) is 0 Å². The second kappa shape index (κ2) is 9.25. The zero-order chi connectivity index (χ0) is 17.3. The van der Waals surface area contributed by atoms with E-state index in [1.54, 1.807) is 12.4 Å². The Labute approximate surface area is 149 Å². The van der Waals surface area contributed by atoms with E-state index in [1.165, 1.54) is 32.1 Å². The van der Waals surface area contributed by atoms with Crippen LogP contribution in [-0.2, 0) is 0 Å². The zero-order valence-electron chi connectivity index (χ0n) is 14.6. The number of benzene rings is 1. The first-order valence-electron chi connectivity index (χ1n) is 9.26. The Balaban J connectivity index is 1.26. The highest BCUT2D eigenvalue weighted by molar-refractivity contribution is 5.93. The Morgan fingerprint density at radius 2 is 1.92 bits per heavy atom. The van der Waals surface area contributed by atoms with Gasteiger partial charge in [-0.15, -0.1) is 0 Å². The van der Waals surface area contributed by atoms with E-state index in [2.05, 4.69) is 15.5 Å². The van der Waals surface area contributed by atoms with E-state index >= 15 is 0 Å². The molecule has 0 radical (unpaired) electrons. The molecule has 1 aliphatic carbocycles. The molecule has 25 heavy (non-hydrogen) atoms. The molecule has 3 rings (SSSR count). The number of carbonyl (C=O) groups excluding carboxylic acids is 1. The summed E-state index contributed by atoms with van der Waals surface area (Å²) in [4.78, 5) is 11.9. The highest BCUT2D eigenvalue weighted by Crippen LogP contribution is 2.31. The summed E-state index contributed by atoms with van der Waals surface area (Å²) in [5.74, 6) is 2.33. The third-order valence-electron chi connectivity index (χ3n) is 5.05. The number of amides is 1. The fourth-order valence-electron chi connectivity index (χ4n) is 3.52. The molecule has 1 aromatic carbocycles. The van der Waals surface area contributed by atoms with Crippen molar-refractivity contribution in [2.45, 2.75) is 38.5 Å². The van der Waals surface area contributed by atoms with Gasteiger partial charge in [0.2, 0.25) is 0 Å². The molecule has 1 amide bonds. The van der Waals surface area contributed by atoms with Gasteiger partial charge in [0.1, 0.15) is 5.75 Å². The smallest absolute Gasteiger partial charge is 0.254 e. The molecule has 0 aliphatic heterocycles. The van der Waals surface area contributed by atoms with Crippen LogP contribution in [0.3, 0.4) is 0 Å². The number of nitrogens with zero attached hydrogens (tertiary/aromatic N) is 1. The maximum Gasteiger partial charge on any atom is 0.254 e. The van der Waals surface area contributed by atoms with Crippen LogP contribution in [0.4, 0.5) is 0 Å². The van der Waals surface area contributed by atoms with Gasteiger partial charge in [0.25, 0.3) is 5.91 Å². The molecule has 1 saturated carbocycles. The van der Waals surface area contributed by atoms with Crippen LogP contribution in [0.1, 0.15) is 48.9 Å². The van der Waals surface area contributed by atoms with E-state index in [0.717, 1.165) is 31.2 Å². The predicted molar refractivity (Wildman–Crippen MR) is 97.5 cm³/mol. The van der Waals surface area contributed by atoms with Crippen LogP contribution in [0.15, 0.2) is 42.7 Å². The van der Waals surface area contributed by atoms with Crippen LogP contribution in [0.25, 0.3) is 0 Å². The Morgan fingerprint density at radius 3 is 2.64 bits per heavy atom. The van der Waals surface area contributed by atoms with Gasteiger partial charge in [-0.1, -0.05) is 31.0 Å². The quantitative estimate of drug-likeness (QED) is 0.718. The van der Waals surface area contributed by atoms with E-state index < -0.39 is 0 Å². The Bertz CT molecular complexity index is 620. The van der Waals surface area contributed by atoms with Gasteiger partial charge in [-0.2, -0.15) is 5.10 Å². The normalized spacial score (nSPS) is 20.2. The van der Waals surface area contributed by atoms with Gasteiger partial charge in [0, 0.05) is 12.7 Å². The third-order valence-corrected chi connectivity index (χ3v) is 5.05. The van der Waals surface area contributed by atoms with E-state index in [4.69, 9.17) is 4.74 Å². The lowest BCUT2D eigenvalue weighted by atomic mass is 9.80. The van der Waals surface area contributed by atoms with Crippen molar-refractivity contribution in [2.75, 3.05) is 13.2 Å². The van der Waals surface area contributed by atoms with Gasteiger partial charge >= 0.3 is 0 Å². The molecule has 0 bridgehead atoms. The van der Waals surface area contributed by atoms with Crippen LogP contribution < -0.4 is 10.1 Å². The highest BCUT2D eigenvalue weighted by atomic mass is 16.5. The molecule has 2 N–H and O–H groups in total. The van der Waals surface area contributed by atoms with Gasteiger partial charge < -0.3 is 10.1 Å². The number of aromatic amines is 1. The maximum absolute atomic E-state index is 11.9. The van der Waals surface area contributed by atoms with Gasteiger partial charge in [0.05, 0.1) is 18.4 Å². The molecule has 1 aromatic heterocycles. The van der Waals surface area contributed by atoms with E-state index in [0.29, 0.717) is 11.5 Å². The minimum absolute atomic E-state index is 0.0334. The summed E-state index contributed by atoms with van der Waals surface area (Å²) in [6.45, 7) is 1.57. The van der Waals surface area contributed by atoms with Crippen LogP contribution >= 0.6 is 0 Å². The van der Waals surface area contributed by atoms with Crippen molar-refractivity contribution < 1.29 is 9.53 Å². The zero-order valence-corrected chi connectivity index (χ0v) is 14.6. The van der Waals surface area contributed by atoms with Crippen molar-refractivity contribution in [1.82, 2.24) is 15.5 Å². The number of carbonyl (C=O) groups is 1. The molecular weight excluding hydrogens is 314 g/mol. The van der Waals surface area contributed by atoms with Crippen molar-refractivity contribution in [3.05, 3.63) is 48.3 Å². The van der Waals surface area contributed by atoms with Crippen LogP contribution in [0.2, 0.25) is 0 Å². The maximum atomic E-state index is 11.9. The van der Waals surface area contributed by atoms with E-state index in [1.807, 2.05) is 30.3 Å². The third kappa shape index (κ3) is 5.62. The number of para-hydroxylation sites is 1. The fraction of sp³-hybridized carbons (Fsp3) is 0.500. The molecule has 0 atom stereocenters. The Hall–Kier alpha value is -2.30. The minimum atomic E-state index is -0.0334. The Kier molecular flexibility index (Phi) is 6.48. The number of ether oxygens (including phenoxy) is 1. The first-order valence-corrected chi connectivity index (χ1v) is 9.26. The SMILES string of the molecule is O=C(NCC1CCC(CCCOc2ccccc2)CC1)c1cn[nH]c1. The molecule has 2 aromatic rings. The summed E-state index contributed by atoms with van der Waals surface area (Å²) >= 11 is 0. The topological polar surface area (TPSA) is 67.0 Å². The largest absolute Gasteiger partial charge is 0.494 e. The standard InChI is InChI=1S/C20H27N3O2/c24-20(18-14-22-23-15-18)21-13-17-10-8-16(9-11-17)5-4-12-25-19-6-2-1-3-7-19/h1-3,6-7,14-17H,4-5,8-13H2,(H,21,24)(H,22,23). The van der Waals surface area contributed by atoms with Gasteiger partial charge in [0.15, 0.2) is 0 Å². The average Bonchev–Trinajstić information content (AvgIpc) is 3.20. The van der Waals surface area contributed by atoms with Crippen molar-refractivity contribution >= 4 is 5.91 Å². The van der Waals surface area contributed by atoms with Crippen molar-refractivity contribution in [3.8, 4) is 5.75 Å². The second-order valence-electron chi connectivity index (χ2n) is 6.89. The molecular formula is C20H27N3O2. The van der Waals surface area contributed by atoms with Gasteiger partial charge in [-0.3, -0.25) is 9.89 Å². The lowest BCUT2D eigenvalue weighted by Gasteiger charge is -2.28. The number of nitrogens with one attached hydrogen (secondary N) is 2. The molecule has 5 nitrogen and oxygen atoms in total. The predicted octanol–water partition coefficient (Wildman–Crippen LogP) is 3.81. The summed E-state index contributed by atoms with van der Waals surface area (Å²) in [6, 6.07) is 10.0. The molecule has 1 aliphatic rings. The van der Waals surface area contributed by atoms with Crippen molar-refractivity contribution in [2.24, 2.45) is 11.8 Å². The molecule has 5 heteroatoms. The van der Waals surface area contributed by atoms with Crippen LogP contribution in [0, 0.1) is 11.8 Å². The number of aromatic nitrogens is 2. The highest BCUT2D eigenvalue weighted by Gasteiger charge is 2.21. The number of hydrogen-bond acceptors (Lipinski definition) is 3. The van der Waals surface area contributed by atoms with Crippen molar-refractivity contribution in [3.63, 3.8) is 0 Å². The molecule has 0 saturated heterocycles. The van der Waals surface area contributed by atoms with Gasteiger partial charge in [-0.25, -0.2) is 0 Å². The molecule has 0 spiro atoms. The molecule has 0 unspecified atom stereocenters. The molecule has 134 valence electrons. The average molecular weight is 341 g/mol. The first-order chi connectivity index (χ1) is 12.3. The second-order valence-corrected chi connectivity index (χ2v) is 6.89. The van der Waals surface area contributed by atoms with Gasteiger partial charge in [-0.05, 0) is 49.7 Å². The lowest BCUT2D eigenvalue weighted by Crippen LogP contribution is -2.31. The lowest BCUT2D eigenvalue weighted by molar-refractivity contribution is 0.0941. The number of rotatable bonds is 8. The number of H-pyrrole nitrogens is 1. The summed E-state index contributed by atoms with van der Waals surface area (Å²) in [5.41, 5.74) is 0.604. The van der Waals surface area contributed by atoms with Crippen LogP contribution in [-0.4, -0.2) is 29.3 Å². The van der Waals surface area contributed by atoms with Crippen LogP contribution in [0.5, 0.6) is 5.75 Å². The Morgan fingerprint density at radius 1 is 1.16 bits per heavy atom. The monoisotopic (exact) mass is 341 g/mol. The summed E-state index contributed by atoms with van der Waals surface area (Å²) in [6.07, 6.45) is 10.5. The van der Waals surface area contributed by atoms with E-state index in [9.17, 15) is 4.79 Å². The summed E-state index contributed by atoms with van der Waals surface area (Å²) in [7, 11) is 0. The first kappa shape index (κ1) is 17.5. The molecule has 1 fully saturated rings. The van der Waals surface area contributed by atoms with E-state index in [-0.39, 0.29) is 5.91 Å². The summed E-state index contributed by atoms with van der Waals surface area (Å²) in [5, 5.41) is 9.50. The minimum Gasteiger partial charge on any atom is -0.494 e. The summed E-state index contributed by atoms with van der Waals surface area (Å²) < 4.78 is 5.76. The fourth-order valence-corrected chi connectivity index (χ4v) is 3.52. The molecule has 1 heterocycles.